The van der Waals surface area contributed by atoms with E-state index in [1.54, 1.807) is 0 Å². The summed E-state index contributed by atoms with van der Waals surface area (Å²) in [6, 6.07) is 11.2. The Morgan fingerprint density at radius 3 is 2.33 bits per heavy atom. The van der Waals surface area contributed by atoms with E-state index in [0.717, 1.165) is 30.5 Å². The van der Waals surface area contributed by atoms with Gasteiger partial charge in [-0.1, -0.05) is 6.07 Å². The molecular formula is C22H18F3N3O7S. The van der Waals surface area contributed by atoms with E-state index < -0.39 is 33.8 Å². The maximum absolute atomic E-state index is 12.8. The van der Waals surface area contributed by atoms with Crippen LogP contribution in [0.4, 0.5) is 18.0 Å². The van der Waals surface area contributed by atoms with Crippen LogP contribution in [0.1, 0.15) is 15.9 Å². The molecule has 0 spiro atoms. The van der Waals surface area contributed by atoms with E-state index in [4.69, 9.17) is 14.6 Å². The summed E-state index contributed by atoms with van der Waals surface area (Å²) in [5.41, 5.74) is -1.05. The number of aliphatic hydroxyl groups excluding tert-OH is 1. The van der Waals surface area contributed by atoms with Crippen molar-refractivity contribution in [2.75, 3.05) is 13.2 Å². The molecule has 2 aromatic carbocycles. The van der Waals surface area contributed by atoms with Gasteiger partial charge in [0.1, 0.15) is 11.5 Å². The Morgan fingerprint density at radius 1 is 1.00 bits per heavy atom. The second-order valence-corrected chi connectivity index (χ2v) is 8.64. The number of aliphatic hydroxyl groups is 1. The minimum Gasteiger partial charge on any atom is -0.457 e. The molecule has 190 valence electrons. The van der Waals surface area contributed by atoms with E-state index in [0.29, 0.717) is 0 Å². The van der Waals surface area contributed by atoms with Gasteiger partial charge in [0, 0.05) is 18.8 Å². The van der Waals surface area contributed by atoms with Crippen molar-refractivity contribution in [2.45, 2.75) is 11.1 Å². The number of carbonyl (C=O) groups is 2. The van der Waals surface area contributed by atoms with Crippen molar-refractivity contribution in [1.82, 2.24) is 15.0 Å². The van der Waals surface area contributed by atoms with Crippen molar-refractivity contribution in [3.63, 3.8) is 0 Å². The van der Waals surface area contributed by atoms with E-state index in [1.807, 2.05) is 4.72 Å². The van der Waals surface area contributed by atoms with Crippen molar-refractivity contribution in [3.8, 4) is 17.4 Å². The number of amides is 2. The van der Waals surface area contributed by atoms with Gasteiger partial charge >= 0.3 is 12.3 Å². The van der Waals surface area contributed by atoms with E-state index in [1.165, 1.54) is 36.4 Å². The van der Waals surface area contributed by atoms with Crippen LogP contribution in [0.3, 0.4) is 0 Å². The number of pyridine rings is 1. The predicted octanol–water partition coefficient (Wildman–Crippen LogP) is 3.09. The van der Waals surface area contributed by atoms with Crippen molar-refractivity contribution in [2.24, 2.45) is 0 Å². The molecule has 3 rings (SSSR count). The van der Waals surface area contributed by atoms with Gasteiger partial charge in [-0.05, 0) is 48.5 Å². The zero-order chi connectivity index (χ0) is 26.3. The third-order valence-electron chi connectivity index (χ3n) is 4.34. The second kappa shape index (κ2) is 11.0. The molecule has 0 unspecified atom stereocenters. The van der Waals surface area contributed by atoms with Gasteiger partial charge < -0.3 is 19.9 Å². The Kier molecular flexibility index (Phi) is 8.11. The number of ether oxygens (including phenoxy) is 2. The van der Waals surface area contributed by atoms with Gasteiger partial charge in [0.2, 0.25) is 5.88 Å². The molecule has 0 saturated carbocycles. The lowest BCUT2D eigenvalue weighted by molar-refractivity contribution is -0.137. The van der Waals surface area contributed by atoms with Crippen LogP contribution in [0.15, 0.2) is 71.8 Å². The largest absolute Gasteiger partial charge is 0.457 e. The van der Waals surface area contributed by atoms with Crippen molar-refractivity contribution < 1.29 is 45.8 Å². The highest BCUT2D eigenvalue weighted by Gasteiger charge is 2.30. The molecule has 36 heavy (non-hydrogen) atoms. The first-order valence-corrected chi connectivity index (χ1v) is 11.5. The summed E-state index contributed by atoms with van der Waals surface area (Å²) < 4.78 is 75.6. The molecule has 1 heterocycles. The molecule has 0 saturated heterocycles. The number of nitrogens with one attached hydrogen (secondary N) is 2. The average Bonchev–Trinajstić information content (AvgIpc) is 2.83. The van der Waals surface area contributed by atoms with E-state index in [9.17, 15) is 31.2 Å². The summed E-state index contributed by atoms with van der Waals surface area (Å²) in [7, 11) is -4.31. The molecule has 10 nitrogen and oxygen atoms in total. The first kappa shape index (κ1) is 26.4. The van der Waals surface area contributed by atoms with Gasteiger partial charge in [-0.15, -0.1) is 0 Å². The Morgan fingerprint density at radius 2 is 1.72 bits per heavy atom. The molecule has 0 aliphatic heterocycles. The maximum atomic E-state index is 12.8. The maximum Gasteiger partial charge on any atom is 0.416 e. The molecule has 0 atom stereocenters. The highest BCUT2D eigenvalue weighted by atomic mass is 32.2. The van der Waals surface area contributed by atoms with Gasteiger partial charge in [-0.3, -0.25) is 4.79 Å². The molecule has 2 amide bonds. The Bertz CT molecular complexity index is 1330. The first-order valence-electron chi connectivity index (χ1n) is 10.0. The number of alkyl halides is 3. The number of hydrogen-bond acceptors (Lipinski definition) is 8. The molecule has 1 aromatic heterocycles. The van der Waals surface area contributed by atoms with Gasteiger partial charge in [0.15, 0.2) is 0 Å². The van der Waals surface area contributed by atoms with Crippen LogP contribution < -0.4 is 19.5 Å². The number of nitrogens with zero attached hydrogens (tertiary/aromatic N) is 1. The lowest BCUT2D eigenvalue weighted by atomic mass is 10.2. The number of carbonyl (C=O) groups excluding carboxylic acids is 2. The van der Waals surface area contributed by atoms with E-state index >= 15 is 0 Å². The van der Waals surface area contributed by atoms with Crippen LogP contribution in [0.25, 0.3) is 0 Å². The Hall–Kier alpha value is -4.17. The number of benzene rings is 2. The molecule has 0 aliphatic carbocycles. The quantitative estimate of drug-likeness (QED) is 0.407. The molecule has 0 fully saturated rings. The first-order chi connectivity index (χ1) is 17.0. The summed E-state index contributed by atoms with van der Waals surface area (Å²) in [4.78, 5) is 27.2. The highest BCUT2D eigenvalue weighted by molar-refractivity contribution is 7.90. The van der Waals surface area contributed by atoms with Gasteiger partial charge in [-0.25, -0.2) is 22.9 Å². The normalized spacial score (nSPS) is 11.4. The van der Waals surface area contributed by atoms with Crippen LogP contribution in [0.2, 0.25) is 0 Å². The van der Waals surface area contributed by atoms with Gasteiger partial charge in [0.25, 0.3) is 15.9 Å². The minimum absolute atomic E-state index is 0.0322. The monoisotopic (exact) mass is 525 g/mol. The Labute approximate surface area is 202 Å². The van der Waals surface area contributed by atoms with Crippen LogP contribution >= 0.6 is 0 Å². The van der Waals surface area contributed by atoms with Gasteiger partial charge in [-0.2, -0.15) is 13.2 Å². The fraction of sp³-hybridized carbons (Fsp3) is 0.136. The number of sulfonamides is 1. The molecule has 14 heteroatoms. The highest BCUT2D eigenvalue weighted by Crippen LogP contribution is 2.32. The molecule has 0 bridgehead atoms. The third-order valence-corrected chi connectivity index (χ3v) is 5.68. The lowest BCUT2D eigenvalue weighted by Gasteiger charge is -2.11. The van der Waals surface area contributed by atoms with Crippen molar-refractivity contribution in [1.29, 1.82) is 0 Å². The zero-order valence-corrected chi connectivity index (χ0v) is 19.0. The number of rotatable bonds is 8. The molecule has 0 radical (unpaired) electrons. The molecule has 0 aliphatic rings. The lowest BCUT2D eigenvalue weighted by Crippen LogP contribution is -2.31. The average molecular weight is 525 g/mol. The summed E-state index contributed by atoms with van der Waals surface area (Å²) >= 11 is 0. The molecule has 3 aromatic rings. The third kappa shape index (κ3) is 7.16. The zero-order valence-electron chi connectivity index (χ0n) is 18.2. The van der Waals surface area contributed by atoms with Crippen LogP contribution in [0.5, 0.6) is 17.4 Å². The summed E-state index contributed by atoms with van der Waals surface area (Å²) in [5.74, 6) is -1.20. The molecule has 3 N–H and O–H groups in total. The summed E-state index contributed by atoms with van der Waals surface area (Å²) in [6.07, 6.45) is -4.43. The minimum atomic E-state index is -4.55. The van der Waals surface area contributed by atoms with Crippen molar-refractivity contribution in [3.05, 3.63) is 78.0 Å². The van der Waals surface area contributed by atoms with E-state index in [2.05, 4.69) is 10.3 Å². The smallest absolute Gasteiger partial charge is 0.416 e. The summed E-state index contributed by atoms with van der Waals surface area (Å²) in [6.45, 7) is -0.322. The Balaban J connectivity index is 1.63. The fourth-order valence-electron chi connectivity index (χ4n) is 2.66. The van der Waals surface area contributed by atoms with Crippen LogP contribution in [-0.2, 0) is 16.2 Å². The number of hydrogen-bond donors (Lipinski definition) is 3. The van der Waals surface area contributed by atoms with Crippen LogP contribution in [-0.4, -0.2) is 43.7 Å². The predicted molar refractivity (Wildman–Crippen MR) is 118 cm³/mol. The molecular weight excluding hydrogens is 507 g/mol. The SMILES string of the molecule is O=C(NCCO)Oc1ccc(C(=O)NS(=O)(=O)c2ccc(Oc3cccc(C(F)(F)F)c3)cc2)cn1. The number of aromatic nitrogens is 1. The van der Waals surface area contributed by atoms with E-state index in [-0.39, 0.29) is 41.0 Å². The topological polar surface area (TPSA) is 144 Å². The van der Waals surface area contributed by atoms with Crippen molar-refractivity contribution >= 4 is 22.0 Å². The second-order valence-electron chi connectivity index (χ2n) is 6.96. The fourth-order valence-corrected chi connectivity index (χ4v) is 3.64. The van der Waals surface area contributed by atoms with Crippen LogP contribution in [0, 0.1) is 0 Å². The standard InChI is InChI=1S/C22H18F3N3O7S/c23-22(24,25)15-2-1-3-17(12-15)34-16-5-7-18(8-6-16)36(32,33)28-20(30)14-4-9-19(27-13-14)35-21(31)26-10-11-29/h1-9,12-13,29H,10-11H2,(H,26,31)(H,28,30). The number of halogens is 3. The van der Waals surface area contributed by atoms with Gasteiger partial charge in [0.05, 0.1) is 22.6 Å². The summed E-state index contributed by atoms with van der Waals surface area (Å²) in [5, 5.41) is 10.9.